The summed E-state index contributed by atoms with van der Waals surface area (Å²) in [5, 5.41) is 3.73. The average molecular weight is 260 g/mol. The lowest BCUT2D eigenvalue weighted by Crippen LogP contribution is -2.49. The zero-order valence-electron chi connectivity index (χ0n) is 12.6. The Morgan fingerprint density at radius 1 is 1.21 bits per heavy atom. The van der Waals surface area contributed by atoms with Crippen LogP contribution in [0.15, 0.2) is 30.3 Å². The summed E-state index contributed by atoms with van der Waals surface area (Å²) in [4.78, 5) is 2.63. The van der Waals surface area contributed by atoms with Gasteiger partial charge in [0.2, 0.25) is 0 Å². The standard InChI is InChI=1S/C17H28N2/c1-14(2)11-19-12-15(3)9-17(13-19)18-10-16-7-5-4-6-8-16/h4-8,14-15,17-18H,9-13H2,1-3H3. The molecule has 1 aromatic rings. The van der Waals surface area contributed by atoms with Crippen LogP contribution in [0.2, 0.25) is 0 Å². The molecule has 1 fully saturated rings. The van der Waals surface area contributed by atoms with E-state index >= 15 is 0 Å². The zero-order valence-corrected chi connectivity index (χ0v) is 12.6. The number of likely N-dealkylation sites (tertiary alicyclic amines) is 1. The van der Waals surface area contributed by atoms with Crippen LogP contribution < -0.4 is 5.32 Å². The van der Waals surface area contributed by atoms with Gasteiger partial charge in [0.05, 0.1) is 0 Å². The fourth-order valence-corrected chi connectivity index (χ4v) is 3.13. The highest BCUT2D eigenvalue weighted by atomic mass is 15.2. The second kappa shape index (κ2) is 7.06. The van der Waals surface area contributed by atoms with E-state index in [9.17, 15) is 0 Å². The van der Waals surface area contributed by atoms with Gasteiger partial charge in [-0.3, -0.25) is 0 Å². The van der Waals surface area contributed by atoms with Crippen LogP contribution in [0.4, 0.5) is 0 Å². The van der Waals surface area contributed by atoms with Crippen LogP contribution in [0.1, 0.15) is 32.8 Å². The van der Waals surface area contributed by atoms with Gasteiger partial charge in [0.15, 0.2) is 0 Å². The van der Waals surface area contributed by atoms with Crippen molar-refractivity contribution in [1.29, 1.82) is 0 Å². The summed E-state index contributed by atoms with van der Waals surface area (Å²) in [6.45, 7) is 11.7. The van der Waals surface area contributed by atoms with Gasteiger partial charge >= 0.3 is 0 Å². The first-order chi connectivity index (χ1) is 9.13. The van der Waals surface area contributed by atoms with E-state index in [1.807, 2.05) is 0 Å². The van der Waals surface area contributed by atoms with Crippen LogP contribution in [-0.2, 0) is 6.54 Å². The Balaban J connectivity index is 1.82. The summed E-state index contributed by atoms with van der Waals surface area (Å²) >= 11 is 0. The Morgan fingerprint density at radius 3 is 2.63 bits per heavy atom. The van der Waals surface area contributed by atoms with E-state index in [0.717, 1.165) is 18.4 Å². The van der Waals surface area contributed by atoms with Gasteiger partial charge in [-0.2, -0.15) is 0 Å². The van der Waals surface area contributed by atoms with E-state index in [-0.39, 0.29) is 0 Å². The smallest absolute Gasteiger partial charge is 0.0208 e. The van der Waals surface area contributed by atoms with Crippen molar-refractivity contribution in [1.82, 2.24) is 10.2 Å². The van der Waals surface area contributed by atoms with E-state index in [4.69, 9.17) is 0 Å². The van der Waals surface area contributed by atoms with E-state index in [1.165, 1.54) is 31.6 Å². The number of nitrogens with one attached hydrogen (secondary N) is 1. The molecule has 19 heavy (non-hydrogen) atoms. The monoisotopic (exact) mass is 260 g/mol. The molecule has 0 aromatic heterocycles. The summed E-state index contributed by atoms with van der Waals surface area (Å²) < 4.78 is 0. The SMILES string of the molecule is CC(C)CN1CC(C)CC(NCc2ccccc2)C1. The number of hydrogen-bond donors (Lipinski definition) is 1. The van der Waals surface area contributed by atoms with Crippen LogP contribution in [0.3, 0.4) is 0 Å². The molecule has 0 radical (unpaired) electrons. The van der Waals surface area contributed by atoms with Gasteiger partial charge in [0, 0.05) is 32.2 Å². The molecule has 2 unspecified atom stereocenters. The van der Waals surface area contributed by atoms with Gasteiger partial charge in [-0.15, -0.1) is 0 Å². The molecule has 2 atom stereocenters. The maximum atomic E-state index is 3.73. The van der Waals surface area contributed by atoms with Crippen molar-refractivity contribution in [2.45, 2.75) is 39.8 Å². The third-order valence-electron chi connectivity index (χ3n) is 3.80. The summed E-state index contributed by atoms with van der Waals surface area (Å²) in [5.41, 5.74) is 1.39. The number of nitrogens with zero attached hydrogens (tertiary/aromatic N) is 1. The summed E-state index contributed by atoms with van der Waals surface area (Å²) in [6, 6.07) is 11.4. The molecule has 0 saturated carbocycles. The molecule has 2 heteroatoms. The van der Waals surface area contributed by atoms with Crippen molar-refractivity contribution in [2.24, 2.45) is 11.8 Å². The third-order valence-corrected chi connectivity index (χ3v) is 3.80. The fraction of sp³-hybridized carbons (Fsp3) is 0.647. The van der Waals surface area contributed by atoms with E-state index in [0.29, 0.717) is 6.04 Å². The Bertz CT molecular complexity index is 359. The first kappa shape index (κ1) is 14.5. The van der Waals surface area contributed by atoms with E-state index < -0.39 is 0 Å². The molecule has 1 aliphatic heterocycles. The maximum absolute atomic E-state index is 3.73. The topological polar surface area (TPSA) is 15.3 Å². The average Bonchev–Trinajstić information content (AvgIpc) is 2.36. The van der Waals surface area contributed by atoms with Crippen molar-refractivity contribution in [3.63, 3.8) is 0 Å². The molecule has 0 aliphatic carbocycles. The third kappa shape index (κ3) is 4.96. The second-order valence-corrected chi connectivity index (χ2v) is 6.52. The minimum absolute atomic E-state index is 0.641. The zero-order chi connectivity index (χ0) is 13.7. The quantitative estimate of drug-likeness (QED) is 0.875. The normalized spacial score (nSPS) is 24.8. The Labute approximate surface area is 118 Å². The molecule has 1 aliphatic rings. The lowest BCUT2D eigenvalue weighted by molar-refractivity contribution is 0.135. The highest BCUT2D eigenvalue weighted by molar-refractivity contribution is 5.14. The van der Waals surface area contributed by atoms with Gasteiger partial charge in [-0.25, -0.2) is 0 Å². The van der Waals surface area contributed by atoms with E-state index in [1.54, 1.807) is 0 Å². The van der Waals surface area contributed by atoms with Gasteiger partial charge in [-0.1, -0.05) is 51.1 Å². The van der Waals surface area contributed by atoms with Crippen molar-refractivity contribution in [3.8, 4) is 0 Å². The number of benzene rings is 1. The molecule has 1 N–H and O–H groups in total. The van der Waals surface area contributed by atoms with Crippen LogP contribution in [-0.4, -0.2) is 30.6 Å². The molecule has 2 rings (SSSR count). The van der Waals surface area contributed by atoms with Crippen LogP contribution in [0.5, 0.6) is 0 Å². The van der Waals surface area contributed by atoms with Gasteiger partial charge < -0.3 is 10.2 Å². The van der Waals surface area contributed by atoms with Gasteiger partial charge in [-0.05, 0) is 23.8 Å². The molecule has 1 heterocycles. The van der Waals surface area contributed by atoms with Crippen molar-refractivity contribution >= 4 is 0 Å². The predicted molar refractivity (Wildman–Crippen MR) is 82.1 cm³/mol. The van der Waals surface area contributed by atoms with Crippen molar-refractivity contribution in [2.75, 3.05) is 19.6 Å². The number of rotatable bonds is 5. The minimum atomic E-state index is 0.641. The van der Waals surface area contributed by atoms with Crippen LogP contribution >= 0.6 is 0 Å². The Morgan fingerprint density at radius 2 is 1.95 bits per heavy atom. The molecular weight excluding hydrogens is 232 g/mol. The lowest BCUT2D eigenvalue weighted by Gasteiger charge is -2.37. The number of piperidine rings is 1. The maximum Gasteiger partial charge on any atom is 0.0208 e. The van der Waals surface area contributed by atoms with Gasteiger partial charge in [0.25, 0.3) is 0 Å². The molecule has 0 bridgehead atoms. The largest absolute Gasteiger partial charge is 0.309 e. The molecule has 0 spiro atoms. The first-order valence-corrected chi connectivity index (χ1v) is 7.63. The molecule has 1 aromatic carbocycles. The molecule has 106 valence electrons. The molecule has 2 nitrogen and oxygen atoms in total. The summed E-state index contributed by atoms with van der Waals surface area (Å²) in [7, 11) is 0. The molecule has 0 amide bonds. The highest BCUT2D eigenvalue weighted by Gasteiger charge is 2.24. The Hall–Kier alpha value is -0.860. The first-order valence-electron chi connectivity index (χ1n) is 7.63. The molecule has 1 saturated heterocycles. The molecular formula is C17H28N2. The Kier molecular flexibility index (Phi) is 5.41. The van der Waals surface area contributed by atoms with Crippen molar-refractivity contribution in [3.05, 3.63) is 35.9 Å². The highest BCUT2D eigenvalue weighted by Crippen LogP contribution is 2.17. The number of hydrogen-bond acceptors (Lipinski definition) is 2. The lowest BCUT2D eigenvalue weighted by atomic mass is 9.95. The second-order valence-electron chi connectivity index (χ2n) is 6.52. The minimum Gasteiger partial charge on any atom is -0.309 e. The summed E-state index contributed by atoms with van der Waals surface area (Å²) in [6.07, 6.45) is 1.31. The van der Waals surface area contributed by atoms with Gasteiger partial charge in [0.1, 0.15) is 0 Å². The fourth-order valence-electron chi connectivity index (χ4n) is 3.13. The van der Waals surface area contributed by atoms with Crippen LogP contribution in [0, 0.1) is 11.8 Å². The summed E-state index contributed by atoms with van der Waals surface area (Å²) in [5.74, 6) is 1.57. The van der Waals surface area contributed by atoms with Crippen LogP contribution in [0.25, 0.3) is 0 Å². The van der Waals surface area contributed by atoms with E-state index in [2.05, 4.69) is 61.3 Å². The van der Waals surface area contributed by atoms with Crippen molar-refractivity contribution < 1.29 is 0 Å². The predicted octanol–water partition coefficient (Wildman–Crippen LogP) is 3.14.